The van der Waals surface area contributed by atoms with Crippen molar-refractivity contribution in [1.29, 1.82) is 0 Å². The van der Waals surface area contributed by atoms with Gasteiger partial charge < -0.3 is 10.6 Å². The van der Waals surface area contributed by atoms with Crippen molar-refractivity contribution in [2.75, 3.05) is 18.4 Å². The second-order valence-corrected chi connectivity index (χ2v) is 3.97. The largest absolute Gasteiger partial charge is 0.369 e. The number of anilines is 1. The number of carbonyl (C=O) groups is 1. The van der Waals surface area contributed by atoms with Gasteiger partial charge in [-0.3, -0.25) is 4.79 Å². The van der Waals surface area contributed by atoms with Crippen LogP contribution in [0.1, 0.15) is 31.3 Å². The molecule has 0 radical (unpaired) electrons. The molecule has 0 aromatic carbocycles. The number of carbonyl (C=O) groups excluding carboxylic acids is 1. The number of nitrogens with one attached hydrogen (secondary N) is 2. The fraction of sp³-hybridized carbons (Fsp3) is 0.583. The highest BCUT2D eigenvalue weighted by Gasteiger charge is 2.01. The standard InChI is InChI=1S/C12H20N4O/c1-4-6-14-12(17)5-7-13-11-8-9(2)15-10(3)16-11/h8H,4-7H2,1-3H3,(H,14,17)(H,13,15,16). The van der Waals surface area contributed by atoms with E-state index in [1.165, 1.54) is 0 Å². The van der Waals surface area contributed by atoms with Crippen molar-refractivity contribution in [3.63, 3.8) is 0 Å². The van der Waals surface area contributed by atoms with Gasteiger partial charge in [-0.2, -0.15) is 0 Å². The molecule has 0 fully saturated rings. The molecule has 0 aliphatic rings. The van der Waals surface area contributed by atoms with E-state index in [9.17, 15) is 4.79 Å². The Morgan fingerprint density at radius 2 is 2.06 bits per heavy atom. The van der Waals surface area contributed by atoms with E-state index in [0.717, 1.165) is 30.3 Å². The summed E-state index contributed by atoms with van der Waals surface area (Å²) in [6.45, 7) is 7.14. The lowest BCUT2D eigenvalue weighted by atomic mass is 10.3. The van der Waals surface area contributed by atoms with E-state index in [1.807, 2.05) is 26.8 Å². The van der Waals surface area contributed by atoms with Gasteiger partial charge in [0.15, 0.2) is 0 Å². The molecule has 5 heteroatoms. The third kappa shape index (κ3) is 5.29. The van der Waals surface area contributed by atoms with Gasteiger partial charge in [-0.1, -0.05) is 6.92 Å². The van der Waals surface area contributed by atoms with Gasteiger partial charge >= 0.3 is 0 Å². The van der Waals surface area contributed by atoms with Gasteiger partial charge in [-0.05, 0) is 20.3 Å². The van der Waals surface area contributed by atoms with Crippen LogP contribution in [0.3, 0.4) is 0 Å². The summed E-state index contributed by atoms with van der Waals surface area (Å²) in [7, 11) is 0. The van der Waals surface area contributed by atoms with E-state index in [4.69, 9.17) is 0 Å². The molecule has 0 atom stereocenters. The Morgan fingerprint density at radius 3 is 2.71 bits per heavy atom. The highest BCUT2D eigenvalue weighted by atomic mass is 16.1. The molecule has 1 aromatic heterocycles. The van der Waals surface area contributed by atoms with E-state index in [0.29, 0.717) is 13.0 Å². The average Bonchev–Trinajstić information content (AvgIpc) is 2.25. The normalized spacial score (nSPS) is 10.1. The number of nitrogens with zero attached hydrogens (tertiary/aromatic N) is 2. The molecular weight excluding hydrogens is 216 g/mol. The molecule has 0 bridgehead atoms. The van der Waals surface area contributed by atoms with E-state index in [-0.39, 0.29) is 5.91 Å². The molecule has 17 heavy (non-hydrogen) atoms. The van der Waals surface area contributed by atoms with Crippen molar-refractivity contribution < 1.29 is 4.79 Å². The first-order valence-corrected chi connectivity index (χ1v) is 5.94. The van der Waals surface area contributed by atoms with Crippen molar-refractivity contribution in [3.8, 4) is 0 Å². The lowest BCUT2D eigenvalue weighted by Gasteiger charge is -2.07. The number of rotatable bonds is 6. The zero-order valence-electron chi connectivity index (χ0n) is 10.7. The van der Waals surface area contributed by atoms with Crippen LogP contribution in [-0.2, 0) is 4.79 Å². The maximum Gasteiger partial charge on any atom is 0.221 e. The van der Waals surface area contributed by atoms with E-state index in [2.05, 4.69) is 20.6 Å². The summed E-state index contributed by atoms with van der Waals surface area (Å²) in [5.74, 6) is 1.59. The third-order valence-corrected chi connectivity index (χ3v) is 2.20. The number of hydrogen-bond donors (Lipinski definition) is 2. The van der Waals surface area contributed by atoms with Crippen LogP contribution >= 0.6 is 0 Å². The summed E-state index contributed by atoms with van der Waals surface area (Å²) >= 11 is 0. The van der Waals surface area contributed by atoms with Gasteiger partial charge in [0.1, 0.15) is 11.6 Å². The predicted molar refractivity (Wildman–Crippen MR) is 67.9 cm³/mol. The highest BCUT2D eigenvalue weighted by Crippen LogP contribution is 2.05. The Morgan fingerprint density at radius 1 is 1.29 bits per heavy atom. The van der Waals surface area contributed by atoms with Crippen LogP contribution in [0.25, 0.3) is 0 Å². The molecule has 1 amide bonds. The lowest BCUT2D eigenvalue weighted by molar-refractivity contribution is -0.120. The second kappa shape index (κ2) is 6.83. The van der Waals surface area contributed by atoms with Crippen molar-refractivity contribution in [1.82, 2.24) is 15.3 Å². The Bertz CT molecular complexity index is 359. The molecule has 0 saturated carbocycles. The number of hydrogen-bond acceptors (Lipinski definition) is 4. The number of aromatic nitrogens is 2. The summed E-state index contributed by atoms with van der Waals surface area (Å²) in [5, 5.41) is 5.95. The zero-order valence-corrected chi connectivity index (χ0v) is 10.7. The maximum atomic E-state index is 11.3. The predicted octanol–water partition coefficient (Wildman–Crippen LogP) is 1.42. The minimum Gasteiger partial charge on any atom is -0.369 e. The first-order chi connectivity index (χ1) is 8.11. The van der Waals surface area contributed by atoms with Crippen LogP contribution < -0.4 is 10.6 Å². The van der Waals surface area contributed by atoms with Crippen LogP contribution in [0.15, 0.2) is 6.07 Å². The van der Waals surface area contributed by atoms with Gasteiger partial charge in [0, 0.05) is 31.3 Å². The molecule has 0 aliphatic carbocycles. The van der Waals surface area contributed by atoms with Gasteiger partial charge in [0.2, 0.25) is 5.91 Å². The zero-order chi connectivity index (χ0) is 12.7. The summed E-state index contributed by atoms with van der Waals surface area (Å²) in [5.41, 5.74) is 0.926. The molecule has 2 N–H and O–H groups in total. The maximum absolute atomic E-state index is 11.3. The molecular formula is C12H20N4O. The monoisotopic (exact) mass is 236 g/mol. The molecule has 0 unspecified atom stereocenters. The van der Waals surface area contributed by atoms with Crippen molar-refractivity contribution in [3.05, 3.63) is 17.6 Å². The SMILES string of the molecule is CCCNC(=O)CCNc1cc(C)nc(C)n1. The van der Waals surface area contributed by atoms with Gasteiger partial charge in [0.05, 0.1) is 0 Å². The second-order valence-electron chi connectivity index (χ2n) is 3.97. The molecule has 94 valence electrons. The fourth-order valence-electron chi connectivity index (χ4n) is 1.46. The third-order valence-electron chi connectivity index (χ3n) is 2.20. The van der Waals surface area contributed by atoms with Crippen LogP contribution in [0, 0.1) is 13.8 Å². The summed E-state index contributed by atoms with van der Waals surface area (Å²) in [4.78, 5) is 19.8. The van der Waals surface area contributed by atoms with E-state index >= 15 is 0 Å². The van der Waals surface area contributed by atoms with Gasteiger partial charge in [0.25, 0.3) is 0 Å². The van der Waals surface area contributed by atoms with Crippen LogP contribution in [0.2, 0.25) is 0 Å². The van der Waals surface area contributed by atoms with Crippen LogP contribution in [0.4, 0.5) is 5.82 Å². The van der Waals surface area contributed by atoms with E-state index < -0.39 is 0 Å². The van der Waals surface area contributed by atoms with Gasteiger partial charge in [-0.15, -0.1) is 0 Å². The summed E-state index contributed by atoms with van der Waals surface area (Å²) in [6, 6.07) is 1.87. The molecule has 1 aromatic rings. The highest BCUT2D eigenvalue weighted by molar-refractivity contribution is 5.76. The molecule has 1 rings (SSSR count). The molecule has 0 aliphatic heterocycles. The quantitative estimate of drug-likeness (QED) is 0.784. The summed E-state index contributed by atoms with van der Waals surface area (Å²) in [6.07, 6.45) is 1.42. The van der Waals surface area contributed by atoms with Gasteiger partial charge in [-0.25, -0.2) is 9.97 Å². The topological polar surface area (TPSA) is 66.9 Å². The Kier molecular flexibility index (Phi) is 5.39. The molecule has 1 heterocycles. The Balaban J connectivity index is 2.33. The fourth-order valence-corrected chi connectivity index (χ4v) is 1.46. The average molecular weight is 236 g/mol. The first kappa shape index (κ1) is 13.4. The molecule has 0 saturated heterocycles. The Labute approximate surface area is 102 Å². The van der Waals surface area contributed by atoms with Crippen molar-refractivity contribution >= 4 is 11.7 Å². The lowest BCUT2D eigenvalue weighted by Crippen LogP contribution is -2.26. The number of amides is 1. The first-order valence-electron chi connectivity index (χ1n) is 5.94. The van der Waals surface area contributed by atoms with Crippen molar-refractivity contribution in [2.45, 2.75) is 33.6 Å². The summed E-state index contributed by atoms with van der Waals surface area (Å²) < 4.78 is 0. The van der Waals surface area contributed by atoms with Crippen LogP contribution in [-0.4, -0.2) is 29.0 Å². The number of aryl methyl sites for hydroxylation is 2. The van der Waals surface area contributed by atoms with E-state index in [1.54, 1.807) is 0 Å². The van der Waals surface area contributed by atoms with Crippen LogP contribution in [0.5, 0.6) is 0 Å². The smallest absolute Gasteiger partial charge is 0.221 e. The Hall–Kier alpha value is -1.65. The minimum atomic E-state index is 0.0712. The molecule has 5 nitrogen and oxygen atoms in total. The molecule has 0 spiro atoms. The van der Waals surface area contributed by atoms with Crippen molar-refractivity contribution in [2.24, 2.45) is 0 Å². The minimum absolute atomic E-state index is 0.0712.